The van der Waals surface area contributed by atoms with Crippen LogP contribution in [0.4, 0.5) is 5.69 Å². The fourth-order valence-electron chi connectivity index (χ4n) is 2.09. The summed E-state index contributed by atoms with van der Waals surface area (Å²) in [6.07, 6.45) is 1.65. The van der Waals surface area contributed by atoms with Gasteiger partial charge in [0.25, 0.3) is 5.91 Å². The summed E-state index contributed by atoms with van der Waals surface area (Å²) >= 11 is 1.23. The fourth-order valence-corrected chi connectivity index (χ4v) is 2.86. The molecule has 1 aromatic heterocycles. The number of aryl methyl sites for hydroxylation is 1. The summed E-state index contributed by atoms with van der Waals surface area (Å²) in [5, 5.41) is 14.5. The molecule has 0 aliphatic carbocycles. The highest BCUT2D eigenvalue weighted by molar-refractivity contribution is 7.13. The molecular weight excluding hydrogens is 356 g/mol. The molecule has 2 amide bonds. The van der Waals surface area contributed by atoms with Crippen molar-refractivity contribution in [3.05, 3.63) is 34.3 Å². The van der Waals surface area contributed by atoms with Crippen molar-refractivity contribution in [2.24, 2.45) is 0 Å². The third kappa shape index (κ3) is 6.41. The van der Waals surface area contributed by atoms with E-state index in [9.17, 15) is 9.59 Å². The quantitative estimate of drug-likeness (QED) is 0.612. The van der Waals surface area contributed by atoms with Crippen LogP contribution in [0.5, 0.6) is 5.75 Å². The molecule has 2 N–H and O–H groups in total. The zero-order valence-electron chi connectivity index (χ0n) is 14.8. The first kappa shape index (κ1) is 19.8. The molecule has 8 nitrogen and oxygen atoms in total. The predicted molar refractivity (Wildman–Crippen MR) is 98.7 cm³/mol. The second kappa shape index (κ2) is 10.5. The van der Waals surface area contributed by atoms with Crippen LogP contribution in [0.25, 0.3) is 0 Å². The molecule has 0 saturated heterocycles. The lowest BCUT2D eigenvalue weighted by molar-refractivity contribution is -0.121. The SMILES string of the molecule is COCCNC(=O)CCCc1nnc(C(=O)Nc2ccc(OC)cc2)s1. The van der Waals surface area contributed by atoms with Gasteiger partial charge in [0.05, 0.1) is 13.7 Å². The summed E-state index contributed by atoms with van der Waals surface area (Å²) in [5.41, 5.74) is 0.653. The number of nitrogens with zero attached hydrogens (tertiary/aromatic N) is 2. The molecule has 140 valence electrons. The Morgan fingerprint density at radius 3 is 2.62 bits per heavy atom. The van der Waals surface area contributed by atoms with E-state index in [1.807, 2.05) is 0 Å². The molecule has 1 heterocycles. The third-order valence-electron chi connectivity index (χ3n) is 3.43. The van der Waals surface area contributed by atoms with E-state index in [1.165, 1.54) is 11.3 Å². The first-order valence-corrected chi connectivity index (χ1v) is 8.97. The van der Waals surface area contributed by atoms with Gasteiger partial charge in [-0.15, -0.1) is 10.2 Å². The van der Waals surface area contributed by atoms with Gasteiger partial charge in [0.15, 0.2) is 0 Å². The van der Waals surface area contributed by atoms with Gasteiger partial charge in [0, 0.05) is 32.2 Å². The number of methoxy groups -OCH3 is 2. The van der Waals surface area contributed by atoms with Crippen LogP contribution in [-0.4, -0.2) is 49.4 Å². The van der Waals surface area contributed by atoms with Gasteiger partial charge >= 0.3 is 0 Å². The zero-order valence-corrected chi connectivity index (χ0v) is 15.6. The number of amides is 2. The Hall–Kier alpha value is -2.52. The summed E-state index contributed by atoms with van der Waals surface area (Å²) in [4.78, 5) is 23.8. The van der Waals surface area contributed by atoms with Crippen LogP contribution < -0.4 is 15.4 Å². The van der Waals surface area contributed by atoms with Gasteiger partial charge in [0.2, 0.25) is 10.9 Å². The lowest BCUT2D eigenvalue weighted by Gasteiger charge is -2.04. The molecule has 0 saturated carbocycles. The van der Waals surface area contributed by atoms with Crippen LogP contribution >= 0.6 is 11.3 Å². The van der Waals surface area contributed by atoms with E-state index >= 15 is 0 Å². The van der Waals surface area contributed by atoms with Gasteiger partial charge in [-0.25, -0.2) is 0 Å². The lowest BCUT2D eigenvalue weighted by Crippen LogP contribution is -2.26. The largest absolute Gasteiger partial charge is 0.497 e. The number of hydrogen-bond acceptors (Lipinski definition) is 7. The lowest BCUT2D eigenvalue weighted by atomic mass is 10.2. The topological polar surface area (TPSA) is 102 Å². The molecule has 0 unspecified atom stereocenters. The highest BCUT2D eigenvalue weighted by Crippen LogP contribution is 2.18. The highest BCUT2D eigenvalue weighted by atomic mass is 32.1. The predicted octanol–water partition coefficient (Wildman–Crippen LogP) is 1.88. The Bertz CT molecular complexity index is 718. The minimum atomic E-state index is -0.309. The number of hydrogen-bond donors (Lipinski definition) is 2. The Balaban J connectivity index is 1.77. The van der Waals surface area contributed by atoms with Crippen molar-refractivity contribution in [2.75, 3.05) is 32.7 Å². The standard InChI is InChI=1S/C17H22N4O4S/c1-24-11-10-18-14(22)4-3-5-15-20-21-17(26-15)16(23)19-12-6-8-13(25-2)9-7-12/h6-9H,3-5,10-11H2,1-2H3,(H,18,22)(H,19,23). The van der Waals surface area contributed by atoms with Gasteiger partial charge in [0.1, 0.15) is 10.8 Å². The molecule has 0 fully saturated rings. The van der Waals surface area contributed by atoms with E-state index in [0.29, 0.717) is 48.9 Å². The van der Waals surface area contributed by atoms with Gasteiger partial charge < -0.3 is 20.1 Å². The number of carbonyl (C=O) groups excluding carboxylic acids is 2. The van der Waals surface area contributed by atoms with Crippen molar-refractivity contribution in [3.63, 3.8) is 0 Å². The zero-order chi connectivity index (χ0) is 18.8. The van der Waals surface area contributed by atoms with Crippen molar-refractivity contribution in [3.8, 4) is 5.75 Å². The second-order valence-corrected chi connectivity index (χ2v) is 6.44. The molecule has 0 radical (unpaired) electrons. The molecular formula is C17H22N4O4S. The average Bonchev–Trinajstić information content (AvgIpc) is 3.12. The number of benzene rings is 1. The molecule has 0 aliphatic heterocycles. The Labute approximate surface area is 155 Å². The fraction of sp³-hybridized carbons (Fsp3) is 0.412. The van der Waals surface area contributed by atoms with E-state index in [1.54, 1.807) is 38.5 Å². The van der Waals surface area contributed by atoms with Crippen LogP contribution in [0.2, 0.25) is 0 Å². The molecule has 0 spiro atoms. The molecule has 0 aliphatic rings. The number of aromatic nitrogens is 2. The maximum absolute atomic E-state index is 12.2. The van der Waals surface area contributed by atoms with Crippen LogP contribution in [0.3, 0.4) is 0 Å². The maximum Gasteiger partial charge on any atom is 0.286 e. The number of anilines is 1. The summed E-state index contributed by atoms with van der Waals surface area (Å²) < 4.78 is 9.95. The number of nitrogens with one attached hydrogen (secondary N) is 2. The van der Waals surface area contributed by atoms with Crippen LogP contribution in [0.1, 0.15) is 27.7 Å². The number of rotatable bonds is 10. The van der Waals surface area contributed by atoms with Crippen LogP contribution in [-0.2, 0) is 16.0 Å². The van der Waals surface area contributed by atoms with E-state index in [-0.39, 0.29) is 11.8 Å². The van der Waals surface area contributed by atoms with Gasteiger partial charge in [-0.1, -0.05) is 11.3 Å². The highest BCUT2D eigenvalue weighted by Gasteiger charge is 2.13. The van der Waals surface area contributed by atoms with Gasteiger partial charge in [-0.3, -0.25) is 9.59 Å². The summed E-state index contributed by atoms with van der Waals surface area (Å²) in [7, 11) is 3.17. The minimum absolute atomic E-state index is 0.0240. The first-order valence-electron chi connectivity index (χ1n) is 8.16. The van der Waals surface area contributed by atoms with Gasteiger partial charge in [-0.05, 0) is 30.7 Å². The Morgan fingerprint density at radius 1 is 1.15 bits per heavy atom. The van der Waals surface area contributed by atoms with E-state index in [4.69, 9.17) is 9.47 Å². The summed E-state index contributed by atoms with van der Waals surface area (Å²) in [6.45, 7) is 0.999. The van der Waals surface area contributed by atoms with Crippen molar-refractivity contribution >= 4 is 28.8 Å². The van der Waals surface area contributed by atoms with E-state index in [0.717, 1.165) is 5.01 Å². The Morgan fingerprint density at radius 2 is 1.92 bits per heavy atom. The monoisotopic (exact) mass is 378 g/mol. The minimum Gasteiger partial charge on any atom is -0.497 e. The van der Waals surface area contributed by atoms with Crippen LogP contribution in [0.15, 0.2) is 24.3 Å². The maximum atomic E-state index is 12.2. The number of carbonyl (C=O) groups is 2. The molecule has 0 atom stereocenters. The summed E-state index contributed by atoms with van der Waals surface area (Å²) in [5.74, 6) is 0.382. The second-order valence-electron chi connectivity index (χ2n) is 5.38. The molecule has 0 bridgehead atoms. The van der Waals surface area contributed by atoms with E-state index in [2.05, 4.69) is 20.8 Å². The number of ether oxygens (including phenoxy) is 2. The first-order chi connectivity index (χ1) is 12.6. The molecule has 2 aromatic rings. The molecule has 2 rings (SSSR count). The average molecular weight is 378 g/mol. The third-order valence-corrected chi connectivity index (χ3v) is 4.41. The molecule has 26 heavy (non-hydrogen) atoms. The smallest absolute Gasteiger partial charge is 0.286 e. The van der Waals surface area contributed by atoms with Crippen LogP contribution in [0, 0.1) is 0 Å². The molecule has 9 heteroatoms. The summed E-state index contributed by atoms with van der Waals surface area (Å²) in [6, 6.07) is 7.03. The van der Waals surface area contributed by atoms with Crippen molar-refractivity contribution in [1.29, 1.82) is 0 Å². The van der Waals surface area contributed by atoms with Crippen molar-refractivity contribution in [1.82, 2.24) is 15.5 Å². The normalized spacial score (nSPS) is 10.4. The van der Waals surface area contributed by atoms with Crippen molar-refractivity contribution < 1.29 is 19.1 Å². The van der Waals surface area contributed by atoms with Gasteiger partial charge in [-0.2, -0.15) is 0 Å². The van der Waals surface area contributed by atoms with E-state index < -0.39 is 0 Å². The van der Waals surface area contributed by atoms with Crippen molar-refractivity contribution in [2.45, 2.75) is 19.3 Å². The molecule has 1 aromatic carbocycles. The Kier molecular flexibility index (Phi) is 7.97.